The fourth-order valence-electron chi connectivity index (χ4n) is 14.3. The molecule has 714 valence electrons. The summed E-state index contributed by atoms with van der Waals surface area (Å²) in [4.78, 5) is 34.7. The second-order valence-electron chi connectivity index (χ2n) is 36.6. The summed E-state index contributed by atoms with van der Waals surface area (Å²) in [6.45, 7) is 28.8. The summed E-state index contributed by atoms with van der Waals surface area (Å²) < 4.78 is 0. The topological polar surface area (TPSA) is 103 Å². The van der Waals surface area contributed by atoms with Crippen molar-refractivity contribution < 1.29 is 80.4 Å². The fourth-order valence-corrected chi connectivity index (χ4v) is 14.3. The molecule has 0 saturated carbocycles. The molecule has 4 radical (unpaired) electrons. The Bertz CT molecular complexity index is 6380. The van der Waals surface area contributed by atoms with Crippen molar-refractivity contribution in [3.63, 3.8) is 0 Å². The molecule has 0 saturated heterocycles. The molecule has 12 aromatic carbocycles. The minimum atomic E-state index is 0. The molecule has 0 bridgehead atoms. The molecule has 0 aliphatic carbocycles. The summed E-state index contributed by atoms with van der Waals surface area (Å²) in [5.74, 6) is 0. The van der Waals surface area contributed by atoms with E-state index in [0.717, 1.165) is 90.1 Å². The van der Waals surface area contributed by atoms with Crippen LogP contribution in [-0.4, -0.2) is 39.9 Å². The van der Waals surface area contributed by atoms with Gasteiger partial charge in [0.1, 0.15) is 0 Å². The van der Waals surface area contributed by atoms with Crippen LogP contribution in [0.5, 0.6) is 0 Å². The predicted octanol–water partition coefficient (Wildman–Crippen LogP) is 32.5. The van der Waals surface area contributed by atoms with Gasteiger partial charge in [-0.15, -0.1) is 285 Å². The zero-order valence-corrected chi connectivity index (χ0v) is 91.3. The third-order valence-electron chi connectivity index (χ3n) is 22.1. The molecule has 0 spiro atoms. The predicted molar refractivity (Wildman–Crippen MR) is 569 cm³/mol. The van der Waals surface area contributed by atoms with Crippen LogP contribution in [0.1, 0.15) is 111 Å². The maximum Gasteiger partial charge on any atom is 0.0190 e. The van der Waals surface area contributed by atoms with Crippen molar-refractivity contribution in [2.24, 2.45) is 0 Å². The molecule has 8 nitrogen and oxygen atoms in total. The molecule has 20 rings (SSSR count). The standard InChI is InChI=1S/C22H22N.3C21H20N.4C11H8N.4Ir/c1-16-8-13-21(23-15-16)19-7-5-6-18(14-19)17-9-11-20(12-10-17)22(2,3)4;1-21(2,3)19-11-7-9-17(15-19)16-8-6-10-18(14-16)20-12-4-5-13-22-20;1-21(2,3)19-12-10-16(11-13-19)17-7-6-8-18(15-17)20-9-4-5-14-22-20;1-21(2,3)19-12-13-22-20(15-19)18-11-7-10-17(14-18)16-8-5-4-6-9-16;4*1-2-6-10(7-3-1)11-8-4-5-9-12-11;;;;/h5-6,8-15H,1-4H3;4-9,11-15H,1-3H3;4-7,9-15H,1-3H3;4-10,12-15H,1-3H3;4*1-6,8-9H;;;;/q8*-1;;;;. The smallest absolute Gasteiger partial charge is 0.0190 e. The molecule has 12 heteroatoms. The molecular weight excluding hydrogens is 2430 g/mol. The van der Waals surface area contributed by atoms with Crippen LogP contribution in [0, 0.1) is 55.5 Å². The van der Waals surface area contributed by atoms with Crippen LogP contribution in [0.25, 0.3) is 135 Å². The van der Waals surface area contributed by atoms with E-state index in [0.29, 0.717) is 0 Å². The first-order chi connectivity index (χ1) is 66.4. The van der Waals surface area contributed by atoms with Gasteiger partial charge >= 0.3 is 0 Å². The van der Waals surface area contributed by atoms with E-state index in [-0.39, 0.29) is 102 Å². The summed E-state index contributed by atoms with van der Waals surface area (Å²) in [7, 11) is 0. The van der Waals surface area contributed by atoms with Gasteiger partial charge in [-0.1, -0.05) is 277 Å². The molecule has 0 unspecified atom stereocenters. The van der Waals surface area contributed by atoms with Gasteiger partial charge in [-0.3, -0.25) is 0 Å². The zero-order valence-electron chi connectivity index (χ0n) is 81.7. The molecule has 0 atom stereocenters. The van der Waals surface area contributed by atoms with Crippen LogP contribution >= 0.6 is 0 Å². The Kier molecular flexibility index (Phi) is 44.1. The molecule has 0 amide bonds. The average Bonchev–Trinajstić information content (AvgIpc) is 0.813. The molecule has 0 fully saturated rings. The van der Waals surface area contributed by atoms with E-state index in [9.17, 15) is 0 Å². The van der Waals surface area contributed by atoms with Gasteiger partial charge in [-0.25, -0.2) is 0 Å². The number of pyridine rings is 8. The van der Waals surface area contributed by atoms with Gasteiger partial charge in [0.2, 0.25) is 0 Å². The molecular formula is C129H114Ir4N8-8. The first-order valence-corrected chi connectivity index (χ1v) is 46.1. The minimum Gasteiger partial charge on any atom is -0.305 e. The summed E-state index contributed by atoms with van der Waals surface area (Å²) in [6.07, 6.45) is 14.6. The van der Waals surface area contributed by atoms with E-state index in [1.807, 2.05) is 274 Å². The number of rotatable bonds is 12. The van der Waals surface area contributed by atoms with Crippen molar-refractivity contribution in [3.05, 3.63) is 532 Å². The normalized spacial score (nSPS) is 10.5. The number of hydrogen-bond donors (Lipinski definition) is 0. The summed E-state index contributed by atoms with van der Waals surface area (Å²) in [6, 6.07) is 162. The Morgan fingerprint density at radius 1 is 0.163 bits per heavy atom. The molecule has 0 N–H and O–H groups in total. The van der Waals surface area contributed by atoms with E-state index in [1.165, 1.54) is 72.3 Å². The number of aromatic nitrogens is 8. The summed E-state index contributed by atoms with van der Waals surface area (Å²) >= 11 is 0. The third kappa shape index (κ3) is 35.0. The third-order valence-corrected chi connectivity index (χ3v) is 22.1. The first kappa shape index (κ1) is 111. The largest absolute Gasteiger partial charge is 0.305 e. The maximum atomic E-state index is 4.53. The van der Waals surface area contributed by atoms with Gasteiger partial charge < -0.3 is 39.9 Å². The number of benzene rings is 12. The molecule has 0 aliphatic rings. The van der Waals surface area contributed by atoms with Crippen LogP contribution in [0.4, 0.5) is 0 Å². The average molecular weight is 2550 g/mol. The quantitative estimate of drug-likeness (QED) is 0.111. The Labute approximate surface area is 890 Å². The van der Waals surface area contributed by atoms with Gasteiger partial charge in [0.05, 0.1) is 0 Å². The van der Waals surface area contributed by atoms with Crippen LogP contribution in [0.3, 0.4) is 0 Å². The van der Waals surface area contributed by atoms with Crippen LogP contribution < -0.4 is 0 Å². The van der Waals surface area contributed by atoms with Crippen molar-refractivity contribution in [3.8, 4) is 135 Å². The number of nitrogens with zero attached hydrogens (tertiary/aromatic N) is 8. The molecule has 20 aromatic rings. The van der Waals surface area contributed by atoms with Gasteiger partial charge in [-0.05, 0) is 167 Å². The maximum absolute atomic E-state index is 4.53. The number of aryl methyl sites for hydroxylation is 1. The van der Waals surface area contributed by atoms with Crippen molar-refractivity contribution in [2.45, 2.75) is 112 Å². The zero-order chi connectivity index (χ0) is 96.1. The Hall–Kier alpha value is -13.6. The van der Waals surface area contributed by atoms with E-state index in [2.05, 4.69) is 335 Å². The van der Waals surface area contributed by atoms with E-state index in [1.54, 1.807) is 24.8 Å². The summed E-state index contributed by atoms with van der Waals surface area (Å²) in [5.41, 5.74) is 32.8. The van der Waals surface area contributed by atoms with Gasteiger partial charge in [0.25, 0.3) is 0 Å². The van der Waals surface area contributed by atoms with Crippen molar-refractivity contribution >= 4 is 0 Å². The summed E-state index contributed by atoms with van der Waals surface area (Å²) in [5, 5.41) is 0. The van der Waals surface area contributed by atoms with Crippen LogP contribution in [0.2, 0.25) is 0 Å². The molecule has 8 heterocycles. The van der Waals surface area contributed by atoms with Gasteiger partial charge in [0, 0.05) is 130 Å². The molecule has 0 aliphatic heterocycles. The fraction of sp³-hybridized carbons (Fsp3) is 0.132. The van der Waals surface area contributed by atoms with Crippen LogP contribution in [-0.2, 0) is 102 Å². The van der Waals surface area contributed by atoms with Crippen molar-refractivity contribution in [1.82, 2.24) is 39.9 Å². The first-order valence-electron chi connectivity index (χ1n) is 46.1. The number of hydrogen-bond acceptors (Lipinski definition) is 8. The van der Waals surface area contributed by atoms with E-state index >= 15 is 0 Å². The van der Waals surface area contributed by atoms with Gasteiger partial charge in [-0.2, -0.15) is 0 Å². The SMILES string of the molecule is CC(C)(C)c1ccc(-c2cc[c-]c(-c3ccccn3)c2)cc1.CC(C)(C)c1cccc(-c2cc[c-]c(-c3ccccn3)c2)c1.CC(C)(C)c1ccnc(-c2[c-]ccc(-c3ccccc3)c2)c1.Cc1ccc(-c2[c-]ccc(-c3ccc(C(C)(C)C)cc3)c2)nc1.[Ir].[Ir].[Ir].[Ir].[c-]1ccccc1-c1ccccn1.[c-]1ccccc1-c1ccccn1.[c-]1ccccc1-c1ccccn1.[c-]1ccccc1-c1ccccn1. The van der Waals surface area contributed by atoms with Crippen LogP contribution in [0.15, 0.2) is 456 Å². The molecule has 141 heavy (non-hydrogen) atoms. The second kappa shape index (κ2) is 56.0. The van der Waals surface area contributed by atoms with Crippen molar-refractivity contribution in [1.29, 1.82) is 0 Å². The second-order valence-corrected chi connectivity index (χ2v) is 36.6. The Morgan fingerprint density at radius 2 is 0.418 bits per heavy atom. The van der Waals surface area contributed by atoms with Gasteiger partial charge in [0.15, 0.2) is 0 Å². The van der Waals surface area contributed by atoms with E-state index < -0.39 is 0 Å². The Morgan fingerprint density at radius 3 is 0.709 bits per heavy atom. The molecule has 8 aromatic heterocycles. The van der Waals surface area contributed by atoms with Crippen molar-refractivity contribution in [2.75, 3.05) is 0 Å². The monoisotopic (exact) mass is 2550 g/mol. The minimum absolute atomic E-state index is 0. The Balaban J connectivity index is 0.000000182. The van der Waals surface area contributed by atoms with E-state index in [4.69, 9.17) is 0 Å².